The molecular weight excluding hydrogens is 535 g/mol. The number of hydrogen-bond acceptors (Lipinski definition) is 2. The van der Waals surface area contributed by atoms with Gasteiger partial charge in [0.15, 0.2) is 0 Å². The summed E-state index contributed by atoms with van der Waals surface area (Å²) in [5.41, 5.74) is 2.50. The molecule has 0 spiro atoms. The van der Waals surface area contributed by atoms with Crippen molar-refractivity contribution in [3.05, 3.63) is 52.1 Å². The van der Waals surface area contributed by atoms with Gasteiger partial charge in [-0.15, -0.1) is 0 Å². The maximum Gasteiger partial charge on any atom is 0.119 e. The molecule has 2 rings (SSSR count). The molecule has 2 nitrogen and oxygen atoms in total. The number of halogens is 1. The van der Waals surface area contributed by atoms with E-state index in [1.807, 2.05) is 0 Å². The van der Waals surface area contributed by atoms with Crippen molar-refractivity contribution in [2.45, 2.75) is 89.9 Å². The van der Waals surface area contributed by atoms with Crippen LogP contribution in [0.4, 0.5) is 0 Å². The summed E-state index contributed by atoms with van der Waals surface area (Å²) in [7, 11) is -1.13. The van der Waals surface area contributed by atoms with Gasteiger partial charge in [0.25, 0.3) is 0 Å². The van der Waals surface area contributed by atoms with E-state index < -0.39 is 8.07 Å². The summed E-state index contributed by atoms with van der Waals surface area (Å²) in [5, 5.41) is 0. The van der Waals surface area contributed by atoms with E-state index in [1.165, 1.54) is 83.8 Å². The van der Waals surface area contributed by atoms with Crippen molar-refractivity contribution < 1.29 is 9.47 Å². The van der Waals surface area contributed by atoms with Crippen LogP contribution in [0.15, 0.2) is 48.5 Å². The van der Waals surface area contributed by atoms with E-state index in [9.17, 15) is 0 Å². The normalized spacial score (nSPS) is 11.6. The molecule has 33 heavy (non-hydrogen) atoms. The minimum Gasteiger partial charge on any atom is -0.491 e. The van der Waals surface area contributed by atoms with Crippen LogP contribution in [0, 0.1) is 3.57 Å². The van der Waals surface area contributed by atoms with Gasteiger partial charge in [-0.3, -0.25) is 0 Å². The molecule has 2 aromatic rings. The first kappa shape index (κ1) is 28.4. The number of benzene rings is 2. The summed E-state index contributed by atoms with van der Waals surface area (Å²) in [6.07, 6.45) is 9.53. The Kier molecular flexibility index (Phi) is 14.4. The van der Waals surface area contributed by atoms with Gasteiger partial charge in [-0.2, -0.15) is 0 Å². The molecule has 0 aliphatic carbocycles. The molecule has 2 aromatic carbocycles. The number of hydrogen-bond donors (Lipinski definition) is 0. The fraction of sp³-hybridized carbons (Fsp3) is 0.586. The van der Waals surface area contributed by atoms with Crippen LogP contribution in [0.1, 0.15) is 65.7 Å². The van der Waals surface area contributed by atoms with Gasteiger partial charge >= 0.3 is 0 Å². The Balaban J connectivity index is 1.71. The Morgan fingerprint density at radius 2 is 1.24 bits per heavy atom. The van der Waals surface area contributed by atoms with Crippen molar-refractivity contribution in [2.24, 2.45) is 0 Å². The fourth-order valence-corrected chi connectivity index (χ4v) is 11.1. The van der Waals surface area contributed by atoms with E-state index in [1.54, 1.807) is 0 Å². The van der Waals surface area contributed by atoms with E-state index in [2.05, 4.69) is 91.9 Å². The van der Waals surface area contributed by atoms with Gasteiger partial charge in [0.2, 0.25) is 0 Å². The summed E-state index contributed by atoms with van der Waals surface area (Å²) >= 11 is 2.39. The van der Waals surface area contributed by atoms with Crippen LogP contribution in [-0.4, -0.2) is 27.9 Å². The molecule has 0 bridgehead atoms. The van der Waals surface area contributed by atoms with Crippen molar-refractivity contribution in [2.75, 3.05) is 19.8 Å². The van der Waals surface area contributed by atoms with Crippen molar-refractivity contribution in [3.63, 3.8) is 0 Å². The summed E-state index contributed by atoms with van der Waals surface area (Å²) in [4.78, 5) is 0. The molecule has 0 aromatic heterocycles. The molecule has 0 heterocycles. The van der Waals surface area contributed by atoms with Gasteiger partial charge in [-0.1, -0.05) is 114 Å². The van der Waals surface area contributed by atoms with Gasteiger partial charge < -0.3 is 9.47 Å². The van der Waals surface area contributed by atoms with Crippen molar-refractivity contribution in [3.8, 4) is 16.9 Å². The third kappa shape index (κ3) is 10.5. The van der Waals surface area contributed by atoms with Gasteiger partial charge in [-0.25, -0.2) is 0 Å². The predicted molar refractivity (Wildman–Crippen MR) is 155 cm³/mol. The Bertz CT molecular complexity index is 741. The molecule has 0 radical (unpaired) electrons. The van der Waals surface area contributed by atoms with E-state index in [0.29, 0.717) is 13.2 Å². The van der Waals surface area contributed by atoms with Crippen LogP contribution in [0.5, 0.6) is 5.75 Å². The lowest BCUT2D eigenvalue weighted by atomic mass is 10.1. The average Bonchev–Trinajstić information content (AvgIpc) is 2.85. The number of unbranched alkanes of at least 4 members (excludes halogenated alkanes) is 3. The van der Waals surface area contributed by atoms with Gasteiger partial charge in [0, 0.05) is 10.2 Å². The molecule has 0 aliphatic heterocycles. The Hall–Kier alpha value is -0.853. The molecule has 0 saturated heterocycles. The molecule has 0 fully saturated rings. The molecular formula is C29H45IO2Si. The van der Waals surface area contributed by atoms with E-state index in [4.69, 9.17) is 9.47 Å². The van der Waals surface area contributed by atoms with Crippen LogP contribution >= 0.6 is 22.6 Å². The lowest BCUT2D eigenvalue weighted by Crippen LogP contribution is -2.34. The summed E-state index contributed by atoms with van der Waals surface area (Å²) in [6.45, 7) is 9.21. The Labute approximate surface area is 218 Å². The zero-order valence-corrected chi connectivity index (χ0v) is 24.4. The predicted octanol–water partition coefficient (Wildman–Crippen LogP) is 9.59. The van der Waals surface area contributed by atoms with Gasteiger partial charge in [-0.05, 0) is 58.3 Å². The highest BCUT2D eigenvalue weighted by molar-refractivity contribution is 14.1. The number of rotatable bonds is 18. The highest BCUT2D eigenvalue weighted by Crippen LogP contribution is 2.33. The second kappa shape index (κ2) is 16.7. The Morgan fingerprint density at radius 3 is 1.82 bits per heavy atom. The van der Waals surface area contributed by atoms with Crippen LogP contribution in [0.2, 0.25) is 24.2 Å². The minimum absolute atomic E-state index is 0.617. The average molecular weight is 581 g/mol. The molecule has 4 heteroatoms. The second-order valence-corrected chi connectivity index (χ2v) is 15.5. The monoisotopic (exact) mass is 580 g/mol. The van der Waals surface area contributed by atoms with Crippen LogP contribution in [0.3, 0.4) is 0 Å². The summed E-state index contributed by atoms with van der Waals surface area (Å²) < 4.78 is 13.2. The van der Waals surface area contributed by atoms with Crippen molar-refractivity contribution in [1.29, 1.82) is 0 Å². The third-order valence-corrected chi connectivity index (χ3v) is 13.3. The topological polar surface area (TPSA) is 18.5 Å². The summed E-state index contributed by atoms with van der Waals surface area (Å²) in [6, 6.07) is 22.9. The lowest BCUT2D eigenvalue weighted by Gasteiger charge is -2.32. The zero-order chi connectivity index (χ0) is 23.8. The molecule has 0 atom stereocenters. The standard InChI is InChI=1S/C29H45IO2Si/c1-4-7-22-33(23-8-5-2,24-9-6-3)25-12-19-31-20-21-32-27-17-15-26(16-18-27)28-13-10-11-14-29(28)30/h10-11,13-18H,4-9,12,19-25H2,1-3H3. The SMILES string of the molecule is CCCC[Si](CCCC)(CCCC)CCCOCCOc1ccc(-c2ccccc2I)cc1. The van der Waals surface area contributed by atoms with Gasteiger partial charge in [0.1, 0.15) is 12.4 Å². The molecule has 0 amide bonds. The smallest absolute Gasteiger partial charge is 0.119 e. The van der Waals surface area contributed by atoms with Crippen LogP contribution < -0.4 is 4.74 Å². The molecule has 0 unspecified atom stereocenters. The van der Waals surface area contributed by atoms with Gasteiger partial charge in [0.05, 0.1) is 14.7 Å². The quantitative estimate of drug-likeness (QED) is 0.0993. The first-order chi connectivity index (χ1) is 16.1. The van der Waals surface area contributed by atoms with Crippen molar-refractivity contribution >= 4 is 30.7 Å². The maximum atomic E-state index is 5.97. The second-order valence-electron chi connectivity index (χ2n) is 9.38. The van der Waals surface area contributed by atoms with Crippen LogP contribution in [0.25, 0.3) is 11.1 Å². The largest absolute Gasteiger partial charge is 0.491 e. The third-order valence-electron chi connectivity index (χ3n) is 6.71. The lowest BCUT2D eigenvalue weighted by molar-refractivity contribution is 0.100. The minimum atomic E-state index is -1.13. The molecule has 184 valence electrons. The number of ether oxygens (including phenoxy) is 2. The van der Waals surface area contributed by atoms with Crippen molar-refractivity contribution in [1.82, 2.24) is 0 Å². The van der Waals surface area contributed by atoms with Crippen LogP contribution in [-0.2, 0) is 4.74 Å². The van der Waals surface area contributed by atoms with E-state index in [0.717, 1.165) is 12.4 Å². The maximum absolute atomic E-state index is 5.97. The molecule has 0 saturated carbocycles. The highest BCUT2D eigenvalue weighted by atomic mass is 127. The molecule has 0 N–H and O–H groups in total. The van der Waals surface area contributed by atoms with E-state index >= 15 is 0 Å². The van der Waals surface area contributed by atoms with E-state index in [-0.39, 0.29) is 0 Å². The highest BCUT2D eigenvalue weighted by Gasteiger charge is 2.30. The molecule has 0 aliphatic rings. The summed E-state index contributed by atoms with van der Waals surface area (Å²) in [5.74, 6) is 0.915. The Morgan fingerprint density at radius 1 is 0.667 bits per heavy atom. The zero-order valence-electron chi connectivity index (χ0n) is 21.2. The first-order valence-corrected chi connectivity index (χ1v) is 17.1. The fourth-order valence-electron chi connectivity index (χ4n) is 4.70. The first-order valence-electron chi connectivity index (χ1n) is 13.2.